The largest absolute Gasteiger partial charge is 0.480 e. The van der Waals surface area contributed by atoms with E-state index in [2.05, 4.69) is 5.32 Å². The highest BCUT2D eigenvalue weighted by molar-refractivity contribution is 5.82. The van der Waals surface area contributed by atoms with Crippen LogP contribution in [0.5, 0.6) is 0 Å². The number of amides is 1. The molecule has 0 aromatic carbocycles. The number of carboxylic acid groups (broad SMARTS) is 1. The number of aliphatic carboxylic acids is 1. The molecular formula is C11H17F2NO3. The van der Waals surface area contributed by atoms with Crippen molar-refractivity contribution >= 4 is 11.9 Å². The number of carbonyl (C=O) groups excluding carboxylic acids is 1. The van der Waals surface area contributed by atoms with Gasteiger partial charge >= 0.3 is 5.97 Å². The van der Waals surface area contributed by atoms with Gasteiger partial charge in [-0.15, -0.1) is 0 Å². The summed E-state index contributed by atoms with van der Waals surface area (Å²) < 4.78 is 25.8. The van der Waals surface area contributed by atoms with Gasteiger partial charge in [0.05, 0.1) is 0 Å². The molecule has 1 fully saturated rings. The summed E-state index contributed by atoms with van der Waals surface area (Å²) in [5.74, 6) is -4.19. The van der Waals surface area contributed by atoms with Crippen molar-refractivity contribution in [2.24, 2.45) is 5.92 Å². The van der Waals surface area contributed by atoms with E-state index in [-0.39, 0.29) is 25.2 Å². The van der Waals surface area contributed by atoms with Gasteiger partial charge in [0.15, 0.2) is 0 Å². The van der Waals surface area contributed by atoms with Crippen LogP contribution in [0.3, 0.4) is 0 Å². The molecule has 0 saturated heterocycles. The van der Waals surface area contributed by atoms with Gasteiger partial charge in [0.1, 0.15) is 6.04 Å². The number of carboxylic acids is 1. The van der Waals surface area contributed by atoms with Gasteiger partial charge < -0.3 is 10.4 Å². The van der Waals surface area contributed by atoms with Crippen molar-refractivity contribution in [2.75, 3.05) is 0 Å². The predicted molar refractivity (Wildman–Crippen MR) is 56.8 cm³/mol. The minimum absolute atomic E-state index is 0.0532. The number of alkyl halides is 2. The van der Waals surface area contributed by atoms with Crippen molar-refractivity contribution in [3.8, 4) is 0 Å². The second-order valence-corrected chi connectivity index (χ2v) is 4.63. The molecule has 0 heterocycles. The summed E-state index contributed by atoms with van der Waals surface area (Å²) in [5.41, 5.74) is 0. The molecular weight excluding hydrogens is 232 g/mol. The van der Waals surface area contributed by atoms with Crippen LogP contribution >= 0.6 is 0 Å². The second-order valence-electron chi connectivity index (χ2n) is 4.63. The average Bonchev–Trinajstić information content (AvgIpc) is 2.19. The first-order valence-corrected chi connectivity index (χ1v) is 5.68. The minimum atomic E-state index is -2.61. The molecule has 6 heteroatoms. The highest BCUT2D eigenvalue weighted by Crippen LogP contribution is 2.37. The lowest BCUT2D eigenvalue weighted by Gasteiger charge is -2.29. The molecule has 0 bridgehead atoms. The Morgan fingerprint density at radius 3 is 2.35 bits per heavy atom. The van der Waals surface area contributed by atoms with Crippen molar-refractivity contribution < 1.29 is 23.5 Å². The van der Waals surface area contributed by atoms with Crippen LogP contribution in [0, 0.1) is 5.92 Å². The fourth-order valence-corrected chi connectivity index (χ4v) is 2.14. The Balaban J connectivity index is 2.46. The maximum absolute atomic E-state index is 12.9. The zero-order valence-electron chi connectivity index (χ0n) is 9.71. The van der Waals surface area contributed by atoms with Crippen LogP contribution in [0.15, 0.2) is 0 Å². The standard InChI is InChI=1S/C11H17F2NO3/c1-7(15)14-9(10(16)17)6-8-2-4-11(12,13)5-3-8/h8-9H,2-6H2,1H3,(H,14,15)(H,16,17)/t9-/m1/s1. The summed E-state index contributed by atoms with van der Waals surface area (Å²) in [4.78, 5) is 21.7. The number of nitrogens with one attached hydrogen (secondary N) is 1. The first-order chi connectivity index (χ1) is 7.80. The van der Waals surface area contributed by atoms with Gasteiger partial charge in [0, 0.05) is 19.8 Å². The first kappa shape index (κ1) is 13.9. The zero-order chi connectivity index (χ0) is 13.1. The summed E-state index contributed by atoms with van der Waals surface area (Å²) in [7, 11) is 0. The molecule has 0 unspecified atom stereocenters. The molecule has 98 valence electrons. The summed E-state index contributed by atoms with van der Waals surface area (Å²) in [6.45, 7) is 1.24. The van der Waals surface area contributed by atoms with Crippen LogP contribution in [-0.4, -0.2) is 28.9 Å². The third-order valence-electron chi connectivity index (χ3n) is 3.08. The Morgan fingerprint density at radius 1 is 1.41 bits per heavy atom. The molecule has 0 spiro atoms. The van der Waals surface area contributed by atoms with E-state index in [9.17, 15) is 18.4 Å². The molecule has 1 aliphatic rings. The Kier molecular flexibility index (Phi) is 4.42. The van der Waals surface area contributed by atoms with Crippen molar-refractivity contribution in [3.63, 3.8) is 0 Å². The quantitative estimate of drug-likeness (QED) is 0.798. The number of hydrogen-bond donors (Lipinski definition) is 2. The van der Waals surface area contributed by atoms with E-state index in [0.29, 0.717) is 12.8 Å². The molecule has 0 aromatic rings. The molecule has 4 nitrogen and oxygen atoms in total. The van der Waals surface area contributed by atoms with E-state index in [1.165, 1.54) is 6.92 Å². The van der Waals surface area contributed by atoms with E-state index >= 15 is 0 Å². The van der Waals surface area contributed by atoms with Crippen LogP contribution in [0.2, 0.25) is 0 Å². The van der Waals surface area contributed by atoms with Crippen LogP contribution in [-0.2, 0) is 9.59 Å². The molecule has 1 amide bonds. The Bertz CT molecular complexity index is 297. The van der Waals surface area contributed by atoms with Gasteiger partial charge in [-0.05, 0) is 25.2 Å². The molecule has 1 atom stereocenters. The molecule has 0 radical (unpaired) electrons. The van der Waals surface area contributed by atoms with Gasteiger partial charge in [-0.1, -0.05) is 0 Å². The smallest absolute Gasteiger partial charge is 0.326 e. The van der Waals surface area contributed by atoms with Gasteiger partial charge in [0.25, 0.3) is 0 Å². The van der Waals surface area contributed by atoms with Crippen molar-refractivity contribution in [3.05, 3.63) is 0 Å². The van der Waals surface area contributed by atoms with Gasteiger partial charge in [-0.25, -0.2) is 13.6 Å². The van der Waals surface area contributed by atoms with E-state index in [1.54, 1.807) is 0 Å². The summed E-state index contributed by atoms with van der Waals surface area (Å²) in [6.07, 6.45) is 0.478. The van der Waals surface area contributed by atoms with Crippen LogP contribution in [0.1, 0.15) is 39.0 Å². The lowest BCUT2D eigenvalue weighted by Crippen LogP contribution is -2.41. The Labute approximate surface area is 98.4 Å². The molecule has 0 aliphatic heterocycles. The van der Waals surface area contributed by atoms with Crippen molar-refractivity contribution in [1.29, 1.82) is 0 Å². The van der Waals surface area contributed by atoms with Crippen molar-refractivity contribution in [1.82, 2.24) is 5.32 Å². The van der Waals surface area contributed by atoms with Crippen LogP contribution in [0.25, 0.3) is 0 Å². The van der Waals surface area contributed by atoms with Crippen LogP contribution < -0.4 is 5.32 Å². The number of rotatable bonds is 4. The summed E-state index contributed by atoms with van der Waals surface area (Å²) >= 11 is 0. The van der Waals surface area contributed by atoms with Gasteiger partial charge in [0.2, 0.25) is 11.8 Å². The average molecular weight is 249 g/mol. The topological polar surface area (TPSA) is 66.4 Å². The highest BCUT2D eigenvalue weighted by atomic mass is 19.3. The van der Waals surface area contributed by atoms with Crippen molar-refractivity contribution in [2.45, 2.75) is 51.0 Å². The van der Waals surface area contributed by atoms with E-state index in [1.807, 2.05) is 0 Å². The first-order valence-electron chi connectivity index (χ1n) is 5.68. The zero-order valence-corrected chi connectivity index (χ0v) is 9.71. The highest BCUT2D eigenvalue weighted by Gasteiger charge is 2.36. The molecule has 1 aliphatic carbocycles. The normalized spacial score (nSPS) is 21.8. The molecule has 0 aromatic heterocycles. The van der Waals surface area contributed by atoms with E-state index in [0.717, 1.165) is 0 Å². The molecule has 2 N–H and O–H groups in total. The third kappa shape index (κ3) is 4.66. The molecule has 17 heavy (non-hydrogen) atoms. The van der Waals surface area contributed by atoms with Gasteiger partial charge in [-0.3, -0.25) is 4.79 Å². The molecule has 1 saturated carbocycles. The lowest BCUT2D eigenvalue weighted by molar-refractivity contribution is -0.142. The summed E-state index contributed by atoms with van der Waals surface area (Å²) in [6, 6.07) is -0.968. The van der Waals surface area contributed by atoms with Gasteiger partial charge in [-0.2, -0.15) is 0 Å². The maximum Gasteiger partial charge on any atom is 0.326 e. The number of hydrogen-bond acceptors (Lipinski definition) is 2. The summed E-state index contributed by atoms with van der Waals surface area (Å²) in [5, 5.41) is 11.2. The maximum atomic E-state index is 12.9. The SMILES string of the molecule is CC(=O)N[C@H](CC1CCC(F)(F)CC1)C(=O)O. The monoisotopic (exact) mass is 249 g/mol. The second kappa shape index (κ2) is 5.42. The Morgan fingerprint density at radius 2 is 1.94 bits per heavy atom. The van der Waals surface area contributed by atoms with Crippen LogP contribution in [0.4, 0.5) is 8.78 Å². The Hall–Kier alpha value is -1.20. The lowest BCUT2D eigenvalue weighted by atomic mass is 9.83. The fraction of sp³-hybridized carbons (Fsp3) is 0.818. The predicted octanol–water partition coefficient (Wildman–Crippen LogP) is 1.79. The molecule has 1 rings (SSSR count). The number of halogens is 2. The fourth-order valence-electron chi connectivity index (χ4n) is 2.14. The third-order valence-corrected chi connectivity index (χ3v) is 3.08. The minimum Gasteiger partial charge on any atom is -0.480 e. The number of carbonyl (C=O) groups is 2. The van der Waals surface area contributed by atoms with E-state index in [4.69, 9.17) is 5.11 Å². The van der Waals surface area contributed by atoms with E-state index < -0.39 is 23.8 Å².